The first-order valence-electron chi connectivity index (χ1n) is 8.44. The summed E-state index contributed by atoms with van der Waals surface area (Å²) in [7, 11) is 0. The molecule has 0 saturated carbocycles. The average molecular weight is 373 g/mol. The fourth-order valence-corrected chi connectivity index (χ4v) is 2.62. The monoisotopic (exact) mass is 373 g/mol. The molecule has 0 amide bonds. The van der Waals surface area contributed by atoms with Gasteiger partial charge in [0.1, 0.15) is 0 Å². The van der Waals surface area contributed by atoms with E-state index in [0.29, 0.717) is 30.0 Å². The molecule has 0 spiro atoms. The predicted molar refractivity (Wildman–Crippen MR) is 98.1 cm³/mol. The van der Waals surface area contributed by atoms with Crippen molar-refractivity contribution in [3.8, 4) is 22.4 Å². The molecule has 4 nitrogen and oxygen atoms in total. The van der Waals surface area contributed by atoms with E-state index < -0.39 is 11.7 Å². The molecule has 0 aliphatic carbocycles. The number of alkyl halides is 3. The van der Waals surface area contributed by atoms with Crippen molar-refractivity contribution in [1.29, 1.82) is 0 Å². The van der Waals surface area contributed by atoms with Crippen LogP contribution in [0.5, 0.6) is 0 Å². The minimum absolute atomic E-state index is 0.0603. The maximum Gasteiger partial charge on any atom is 0.416 e. The molecule has 140 valence electrons. The van der Waals surface area contributed by atoms with Gasteiger partial charge in [-0.15, -0.1) is 10.2 Å². The van der Waals surface area contributed by atoms with Gasteiger partial charge in [-0.3, -0.25) is 0 Å². The zero-order chi connectivity index (χ0) is 19.3. The minimum atomic E-state index is -4.38. The number of aliphatic hydroxyl groups is 1. The van der Waals surface area contributed by atoms with Gasteiger partial charge in [-0.2, -0.15) is 13.2 Å². The standard InChI is InChI=1S/C20H18F3N3O/c21-20(22,23)16-9-7-15(8-10-16)18-13-17(14-5-2-1-3-6-14)19(26-25-18)24-11-4-12-27/h1-3,5-10,13,27H,4,11-12H2,(H,24,26). The summed E-state index contributed by atoms with van der Waals surface area (Å²) in [4.78, 5) is 0. The zero-order valence-corrected chi connectivity index (χ0v) is 14.4. The molecule has 0 radical (unpaired) electrons. The Balaban J connectivity index is 1.97. The molecule has 0 unspecified atom stereocenters. The molecule has 3 rings (SSSR count). The van der Waals surface area contributed by atoms with Crippen LogP contribution in [0, 0.1) is 0 Å². The van der Waals surface area contributed by atoms with Crippen LogP contribution in [0.3, 0.4) is 0 Å². The summed E-state index contributed by atoms with van der Waals surface area (Å²) in [6, 6.07) is 16.2. The average Bonchev–Trinajstić information content (AvgIpc) is 2.68. The van der Waals surface area contributed by atoms with Gasteiger partial charge >= 0.3 is 6.18 Å². The summed E-state index contributed by atoms with van der Waals surface area (Å²) in [5, 5.41) is 20.4. The molecule has 7 heteroatoms. The number of halogens is 3. The number of benzene rings is 2. The van der Waals surface area contributed by atoms with Gasteiger partial charge in [0, 0.05) is 24.3 Å². The lowest BCUT2D eigenvalue weighted by molar-refractivity contribution is -0.137. The Bertz CT molecular complexity index is 881. The van der Waals surface area contributed by atoms with Gasteiger partial charge in [0.05, 0.1) is 11.3 Å². The Labute approximate surface area is 154 Å². The highest BCUT2D eigenvalue weighted by molar-refractivity contribution is 5.78. The summed E-state index contributed by atoms with van der Waals surface area (Å²) in [6.07, 6.45) is -3.81. The van der Waals surface area contributed by atoms with Crippen LogP contribution in [-0.4, -0.2) is 28.5 Å². The van der Waals surface area contributed by atoms with E-state index >= 15 is 0 Å². The van der Waals surface area contributed by atoms with Crippen LogP contribution in [0.25, 0.3) is 22.4 Å². The van der Waals surface area contributed by atoms with Crippen LogP contribution < -0.4 is 5.32 Å². The summed E-state index contributed by atoms with van der Waals surface area (Å²) in [5.74, 6) is 0.560. The van der Waals surface area contributed by atoms with Crippen LogP contribution in [0.4, 0.5) is 19.0 Å². The molecule has 1 aromatic heterocycles. The van der Waals surface area contributed by atoms with Crippen molar-refractivity contribution in [2.75, 3.05) is 18.5 Å². The van der Waals surface area contributed by atoms with E-state index in [-0.39, 0.29) is 6.61 Å². The Kier molecular flexibility index (Phi) is 5.71. The van der Waals surface area contributed by atoms with Crippen LogP contribution in [0.2, 0.25) is 0 Å². The molecule has 3 aromatic rings. The van der Waals surface area contributed by atoms with E-state index in [1.165, 1.54) is 12.1 Å². The number of nitrogens with one attached hydrogen (secondary N) is 1. The third-order valence-corrected chi connectivity index (χ3v) is 4.01. The number of hydrogen-bond acceptors (Lipinski definition) is 4. The maximum atomic E-state index is 12.8. The third-order valence-electron chi connectivity index (χ3n) is 4.01. The van der Waals surface area contributed by atoms with Crippen LogP contribution in [0.15, 0.2) is 60.7 Å². The first-order valence-corrected chi connectivity index (χ1v) is 8.44. The van der Waals surface area contributed by atoms with E-state index in [1.54, 1.807) is 6.07 Å². The van der Waals surface area contributed by atoms with Crippen molar-refractivity contribution >= 4 is 5.82 Å². The molecule has 1 heterocycles. The quantitative estimate of drug-likeness (QED) is 0.619. The number of anilines is 1. The lowest BCUT2D eigenvalue weighted by Gasteiger charge is -2.12. The predicted octanol–water partition coefficient (Wildman–Crippen LogP) is 4.62. The Hall–Kier alpha value is -2.93. The third kappa shape index (κ3) is 4.62. The molecule has 0 aliphatic heterocycles. The lowest BCUT2D eigenvalue weighted by Crippen LogP contribution is -2.08. The summed E-state index contributed by atoms with van der Waals surface area (Å²) < 4.78 is 38.3. The van der Waals surface area contributed by atoms with Gasteiger partial charge in [-0.25, -0.2) is 0 Å². The normalized spacial score (nSPS) is 11.4. The van der Waals surface area contributed by atoms with Gasteiger partial charge in [-0.05, 0) is 30.2 Å². The van der Waals surface area contributed by atoms with Crippen LogP contribution in [-0.2, 0) is 6.18 Å². The second kappa shape index (κ2) is 8.18. The van der Waals surface area contributed by atoms with Crippen molar-refractivity contribution in [3.63, 3.8) is 0 Å². The molecular formula is C20H18F3N3O. The molecular weight excluding hydrogens is 355 g/mol. The molecule has 0 atom stereocenters. The van der Waals surface area contributed by atoms with Crippen LogP contribution >= 0.6 is 0 Å². The van der Waals surface area contributed by atoms with Crippen molar-refractivity contribution in [3.05, 3.63) is 66.2 Å². The fourth-order valence-electron chi connectivity index (χ4n) is 2.62. The summed E-state index contributed by atoms with van der Waals surface area (Å²) >= 11 is 0. The smallest absolute Gasteiger partial charge is 0.396 e. The van der Waals surface area contributed by atoms with Crippen molar-refractivity contribution in [2.24, 2.45) is 0 Å². The highest BCUT2D eigenvalue weighted by Gasteiger charge is 2.30. The minimum Gasteiger partial charge on any atom is -0.396 e. The van der Waals surface area contributed by atoms with Gasteiger partial charge in [-0.1, -0.05) is 42.5 Å². The first kappa shape index (κ1) is 18.8. The SMILES string of the molecule is OCCCNc1nnc(-c2ccc(C(F)(F)F)cc2)cc1-c1ccccc1. The highest BCUT2D eigenvalue weighted by atomic mass is 19.4. The second-order valence-electron chi connectivity index (χ2n) is 5.94. The molecule has 0 saturated heterocycles. The van der Waals surface area contributed by atoms with Gasteiger partial charge in [0.2, 0.25) is 0 Å². The van der Waals surface area contributed by atoms with Gasteiger partial charge < -0.3 is 10.4 Å². The topological polar surface area (TPSA) is 58.0 Å². The Morgan fingerprint density at radius 3 is 2.22 bits per heavy atom. The lowest BCUT2D eigenvalue weighted by atomic mass is 10.0. The molecule has 0 bridgehead atoms. The fraction of sp³-hybridized carbons (Fsp3) is 0.200. The number of aliphatic hydroxyl groups excluding tert-OH is 1. The van der Waals surface area contributed by atoms with Crippen molar-refractivity contribution < 1.29 is 18.3 Å². The number of rotatable bonds is 6. The number of aromatic nitrogens is 2. The molecule has 27 heavy (non-hydrogen) atoms. The Morgan fingerprint density at radius 1 is 0.889 bits per heavy atom. The first-order chi connectivity index (χ1) is 13.0. The highest BCUT2D eigenvalue weighted by Crippen LogP contribution is 2.32. The van der Waals surface area contributed by atoms with Gasteiger partial charge in [0.25, 0.3) is 0 Å². The Morgan fingerprint density at radius 2 is 1.59 bits per heavy atom. The number of hydrogen-bond donors (Lipinski definition) is 2. The molecule has 2 N–H and O–H groups in total. The summed E-state index contributed by atoms with van der Waals surface area (Å²) in [5.41, 5.74) is 2.03. The van der Waals surface area contributed by atoms with Crippen LogP contribution in [0.1, 0.15) is 12.0 Å². The van der Waals surface area contributed by atoms with E-state index in [1.807, 2.05) is 30.3 Å². The van der Waals surface area contributed by atoms with Crippen molar-refractivity contribution in [1.82, 2.24) is 10.2 Å². The van der Waals surface area contributed by atoms with E-state index in [4.69, 9.17) is 5.11 Å². The second-order valence-corrected chi connectivity index (χ2v) is 5.94. The molecule has 2 aromatic carbocycles. The number of nitrogens with zero attached hydrogens (tertiary/aromatic N) is 2. The van der Waals surface area contributed by atoms with E-state index in [9.17, 15) is 13.2 Å². The summed E-state index contributed by atoms with van der Waals surface area (Å²) in [6.45, 7) is 0.593. The van der Waals surface area contributed by atoms with Crippen molar-refractivity contribution in [2.45, 2.75) is 12.6 Å². The van der Waals surface area contributed by atoms with E-state index in [2.05, 4.69) is 15.5 Å². The van der Waals surface area contributed by atoms with Gasteiger partial charge in [0.15, 0.2) is 5.82 Å². The van der Waals surface area contributed by atoms with E-state index in [0.717, 1.165) is 23.3 Å². The molecule has 0 fully saturated rings. The largest absolute Gasteiger partial charge is 0.416 e. The zero-order valence-electron chi connectivity index (χ0n) is 14.4. The maximum absolute atomic E-state index is 12.8. The molecule has 0 aliphatic rings.